The molecule has 0 saturated carbocycles. The van der Waals surface area contributed by atoms with Crippen molar-refractivity contribution >= 4 is 37.6 Å². The minimum atomic E-state index is -0.0759. The van der Waals surface area contributed by atoms with Crippen molar-refractivity contribution in [3.8, 4) is 0 Å². The van der Waals surface area contributed by atoms with Gasteiger partial charge < -0.3 is 0 Å². The molecule has 1 aromatic carbocycles. The van der Waals surface area contributed by atoms with Gasteiger partial charge in [0, 0.05) is 14.9 Å². The summed E-state index contributed by atoms with van der Waals surface area (Å²) in [4.78, 5) is 13.1. The molecule has 1 atom stereocenters. The van der Waals surface area contributed by atoms with Crippen molar-refractivity contribution in [3.05, 3.63) is 57.4 Å². The van der Waals surface area contributed by atoms with Crippen molar-refractivity contribution in [2.24, 2.45) is 0 Å². The maximum Gasteiger partial charge on any atom is 0.198 e. The van der Waals surface area contributed by atoms with E-state index in [4.69, 9.17) is 0 Å². The molecule has 2 rings (SSSR count). The largest absolute Gasteiger partial charge is 0.288 e. The first-order valence-corrected chi connectivity index (χ1v) is 7.34. The Labute approximate surface area is 106 Å². The second kappa shape index (κ2) is 4.93. The molecule has 0 aromatic heterocycles. The van der Waals surface area contributed by atoms with Gasteiger partial charge in [0.1, 0.15) is 0 Å². The van der Waals surface area contributed by atoms with Crippen molar-refractivity contribution < 1.29 is 4.79 Å². The van der Waals surface area contributed by atoms with Gasteiger partial charge in [0.15, 0.2) is 5.78 Å². The second-order valence-electron chi connectivity index (χ2n) is 3.45. The van der Waals surface area contributed by atoms with E-state index in [1.54, 1.807) is 0 Å². The number of ketones is 1. The lowest BCUT2D eigenvalue weighted by atomic mass is 10.1. The fourth-order valence-corrected chi connectivity index (χ4v) is 2.89. The number of Topliss-reactive ketones (excluding diaryl/α,β-unsaturated/α-hetero) is 1. The van der Waals surface area contributed by atoms with E-state index in [-0.39, 0.29) is 16.3 Å². The highest BCUT2D eigenvalue weighted by Gasteiger charge is 2.13. The molecule has 16 heavy (non-hydrogen) atoms. The molecule has 0 aliphatic carbocycles. The first-order valence-electron chi connectivity index (χ1n) is 4.85. The third kappa shape index (κ3) is 2.42. The van der Waals surface area contributed by atoms with Gasteiger partial charge in [-0.2, -0.15) is 10.5 Å². The molecule has 1 unspecified atom stereocenters. The van der Waals surface area contributed by atoms with Crippen molar-refractivity contribution in [1.29, 1.82) is 0 Å². The molecule has 1 aliphatic heterocycles. The summed E-state index contributed by atoms with van der Waals surface area (Å²) in [6.45, 7) is 0. The third-order valence-corrected chi connectivity index (χ3v) is 4.43. The van der Waals surface area contributed by atoms with Crippen LogP contribution in [0, 0.1) is 0 Å². The second-order valence-corrected chi connectivity index (χ2v) is 6.19. The van der Waals surface area contributed by atoms with E-state index in [2.05, 4.69) is 27.6 Å². The van der Waals surface area contributed by atoms with Crippen LogP contribution in [0.4, 0.5) is 0 Å². The Morgan fingerprint density at radius 3 is 2.50 bits per heavy atom. The van der Waals surface area contributed by atoms with Crippen molar-refractivity contribution in [1.82, 2.24) is 0 Å². The lowest BCUT2D eigenvalue weighted by Crippen LogP contribution is -2.03. The van der Waals surface area contributed by atoms with Crippen LogP contribution in [0.2, 0.25) is 0 Å². The summed E-state index contributed by atoms with van der Waals surface area (Å²) < 4.78 is 0.989. The maximum absolute atomic E-state index is 12.2. The molecular formula is C13H11BrOS. The third-order valence-electron chi connectivity index (χ3n) is 2.32. The monoisotopic (exact) mass is 294 g/mol. The Bertz CT molecular complexity index is 509. The number of halogens is 1. The number of benzene rings is 1. The summed E-state index contributed by atoms with van der Waals surface area (Å²) in [6, 6.07) is 7.49. The lowest BCUT2D eigenvalue weighted by Gasteiger charge is -2.09. The summed E-state index contributed by atoms with van der Waals surface area (Å²) >= 11 is 3.36. The van der Waals surface area contributed by atoms with Crippen LogP contribution in [0.15, 0.2) is 51.9 Å². The van der Waals surface area contributed by atoms with Gasteiger partial charge in [-0.1, -0.05) is 28.1 Å². The van der Waals surface area contributed by atoms with Crippen LogP contribution in [-0.2, 0) is 0 Å². The summed E-state index contributed by atoms with van der Waals surface area (Å²) in [6.07, 6.45) is 7.88. The summed E-state index contributed by atoms with van der Waals surface area (Å²) in [5, 5.41) is 2.06. The van der Waals surface area contributed by atoms with Crippen molar-refractivity contribution in [2.45, 2.75) is 0 Å². The van der Waals surface area contributed by atoms with Crippen LogP contribution in [0.1, 0.15) is 10.4 Å². The van der Waals surface area contributed by atoms with Crippen LogP contribution >= 0.6 is 26.4 Å². The van der Waals surface area contributed by atoms with Gasteiger partial charge in [-0.05, 0) is 42.0 Å². The average molecular weight is 295 g/mol. The van der Waals surface area contributed by atoms with Crippen molar-refractivity contribution in [3.63, 3.8) is 0 Å². The average Bonchev–Trinajstić information content (AvgIpc) is 2.30. The van der Waals surface area contributed by atoms with E-state index in [0.29, 0.717) is 0 Å². The van der Waals surface area contributed by atoms with E-state index in [1.165, 1.54) is 0 Å². The molecule has 0 bridgehead atoms. The number of hydrogen-bond donors (Lipinski definition) is 0. The quantitative estimate of drug-likeness (QED) is 0.599. The van der Waals surface area contributed by atoms with Crippen LogP contribution in [0.3, 0.4) is 0 Å². The molecular weight excluding hydrogens is 284 g/mol. The normalized spacial score (nSPS) is 18.9. The summed E-state index contributed by atoms with van der Waals surface area (Å²) in [5.74, 6) is 0.124. The topological polar surface area (TPSA) is 17.1 Å². The summed E-state index contributed by atoms with van der Waals surface area (Å²) in [5.41, 5.74) is 0.748. The number of carbonyl (C=O) groups excluding carboxylic acids is 1. The number of hydrogen-bond acceptors (Lipinski definition) is 1. The smallest absolute Gasteiger partial charge is 0.198 e. The Morgan fingerprint density at radius 2 is 1.88 bits per heavy atom. The molecule has 0 saturated heterocycles. The van der Waals surface area contributed by atoms with Crippen LogP contribution in [-0.4, -0.2) is 17.4 Å². The van der Waals surface area contributed by atoms with Gasteiger partial charge in [0.2, 0.25) is 0 Å². The zero-order chi connectivity index (χ0) is 11.5. The van der Waals surface area contributed by atoms with E-state index < -0.39 is 0 Å². The van der Waals surface area contributed by atoms with Crippen LogP contribution in [0.25, 0.3) is 0 Å². The van der Waals surface area contributed by atoms with E-state index in [0.717, 1.165) is 14.9 Å². The predicted octanol–water partition coefficient (Wildman–Crippen LogP) is 3.79. The zero-order valence-electron chi connectivity index (χ0n) is 8.81. The van der Waals surface area contributed by atoms with E-state index >= 15 is 0 Å². The Morgan fingerprint density at radius 1 is 1.19 bits per heavy atom. The Balaban J connectivity index is 2.33. The van der Waals surface area contributed by atoms with Gasteiger partial charge in [-0.15, -0.1) is 0 Å². The molecule has 0 fully saturated rings. The van der Waals surface area contributed by atoms with Gasteiger partial charge >= 0.3 is 0 Å². The Hall–Kier alpha value is -0.930. The number of allylic oxidation sites excluding steroid dienone is 4. The van der Waals surface area contributed by atoms with Gasteiger partial charge in [0.05, 0.1) is 0 Å². The van der Waals surface area contributed by atoms with Crippen LogP contribution < -0.4 is 0 Å². The van der Waals surface area contributed by atoms with Gasteiger partial charge in [-0.3, -0.25) is 4.79 Å². The molecule has 82 valence electrons. The molecule has 0 amide bonds. The molecule has 0 N–H and O–H groups in total. The fourth-order valence-electron chi connectivity index (χ4n) is 1.45. The standard InChI is InChI=1S/C13H11BrOS/c1-16-9-3-2-4-12(16)13(15)10-5-7-11(14)8-6-10/h2-9H,1H3. The molecule has 1 aliphatic rings. The van der Waals surface area contributed by atoms with Crippen molar-refractivity contribution in [2.75, 3.05) is 6.26 Å². The number of rotatable bonds is 2. The van der Waals surface area contributed by atoms with E-state index in [1.807, 2.05) is 42.5 Å². The molecule has 3 heteroatoms. The fraction of sp³-hybridized carbons (Fsp3) is 0.0769. The number of carbonyl (C=O) groups is 1. The molecule has 0 spiro atoms. The zero-order valence-corrected chi connectivity index (χ0v) is 11.2. The highest BCUT2D eigenvalue weighted by molar-refractivity contribution is 9.10. The minimum Gasteiger partial charge on any atom is -0.288 e. The molecule has 1 heterocycles. The van der Waals surface area contributed by atoms with E-state index in [9.17, 15) is 4.79 Å². The highest BCUT2D eigenvalue weighted by atomic mass is 79.9. The summed E-state index contributed by atoms with van der Waals surface area (Å²) in [7, 11) is -0.0759. The van der Waals surface area contributed by atoms with Gasteiger partial charge in [0.25, 0.3) is 0 Å². The van der Waals surface area contributed by atoms with Gasteiger partial charge in [-0.25, -0.2) is 0 Å². The Kier molecular flexibility index (Phi) is 3.56. The highest BCUT2D eigenvalue weighted by Crippen LogP contribution is 2.27. The first kappa shape index (κ1) is 11.6. The minimum absolute atomic E-state index is 0.0759. The maximum atomic E-state index is 12.2. The lowest BCUT2D eigenvalue weighted by molar-refractivity contribution is 0.104. The van der Waals surface area contributed by atoms with Crippen LogP contribution in [0.5, 0.6) is 0 Å². The molecule has 1 aromatic rings. The first-order chi connectivity index (χ1) is 7.68. The predicted molar refractivity (Wildman–Crippen MR) is 75.3 cm³/mol. The molecule has 0 radical (unpaired) electrons. The molecule has 1 nitrogen and oxygen atoms in total. The SMILES string of the molecule is CS1=CC=CC=C1C(=O)c1ccc(Br)cc1.